The Kier molecular flexibility index (Phi) is 16.1. The maximum Gasteiger partial charge on any atom is 0.460 e. The number of ether oxygens (including phenoxy) is 3. The topological polar surface area (TPSA) is 27.7 Å². The smallest absolute Gasteiger partial charge is 0.375 e. The molecule has 37 heteroatoms. The van der Waals surface area contributed by atoms with Gasteiger partial charge < -0.3 is 14.2 Å². The first-order valence-electron chi connectivity index (χ1n) is 17.8. The Bertz CT molecular complexity index is 1830. The summed E-state index contributed by atoms with van der Waals surface area (Å²) in [6.45, 7) is -0.510. The van der Waals surface area contributed by atoms with Crippen LogP contribution in [0, 0.1) is 0 Å². The Balaban J connectivity index is 2.78. The summed E-state index contributed by atoms with van der Waals surface area (Å²) in [5.41, 5.74) is -3.98. The van der Waals surface area contributed by atoms with E-state index in [1.165, 1.54) is 30.3 Å². The third-order valence-corrected chi connectivity index (χ3v) is 10.7. The van der Waals surface area contributed by atoms with E-state index in [1.807, 2.05) is 0 Å². The molecular formula is C33H24F34O3. The molecule has 3 unspecified atom stereocenters. The van der Waals surface area contributed by atoms with Crippen LogP contribution in [0.5, 0.6) is 0 Å². The molecule has 0 saturated carbocycles. The van der Waals surface area contributed by atoms with Gasteiger partial charge in [-0.05, 0) is 18.4 Å². The van der Waals surface area contributed by atoms with E-state index in [1.54, 1.807) is 0 Å². The highest BCUT2D eigenvalue weighted by molar-refractivity contribution is 5.21. The van der Waals surface area contributed by atoms with Gasteiger partial charge in [-0.15, -0.1) is 0 Å². The monoisotopic (exact) mass is 1110 g/mol. The van der Waals surface area contributed by atoms with Gasteiger partial charge >= 0.3 is 95.3 Å². The number of benzene rings is 1. The molecule has 3 atom stereocenters. The van der Waals surface area contributed by atoms with Crippen LogP contribution in [0.2, 0.25) is 0 Å². The average Bonchev–Trinajstić information content (AvgIpc) is 3.70. The maximum atomic E-state index is 15.1. The second kappa shape index (κ2) is 18.0. The Morgan fingerprint density at radius 2 is 0.686 bits per heavy atom. The van der Waals surface area contributed by atoms with E-state index in [9.17, 15) is 132 Å². The van der Waals surface area contributed by atoms with Crippen molar-refractivity contribution in [3.05, 3.63) is 35.9 Å². The van der Waals surface area contributed by atoms with Crippen LogP contribution in [0.1, 0.15) is 44.1 Å². The second-order valence-corrected chi connectivity index (χ2v) is 15.1. The van der Waals surface area contributed by atoms with E-state index in [2.05, 4.69) is 4.74 Å². The molecule has 1 aliphatic heterocycles. The van der Waals surface area contributed by atoms with Crippen molar-refractivity contribution in [3.63, 3.8) is 0 Å². The summed E-state index contributed by atoms with van der Waals surface area (Å²) in [6, 6.07) is 6.14. The number of rotatable bonds is 22. The fourth-order valence-electron chi connectivity index (χ4n) is 6.10. The van der Waals surface area contributed by atoms with E-state index < -0.39 is 151 Å². The molecule has 70 heavy (non-hydrogen) atoms. The Morgan fingerprint density at radius 3 is 0.957 bits per heavy atom. The summed E-state index contributed by atoms with van der Waals surface area (Å²) in [7, 11) is -0.123. The lowest BCUT2D eigenvalue weighted by molar-refractivity contribution is -0.462. The Hall–Kier alpha value is -3.28. The minimum absolute atomic E-state index is 0.0468. The van der Waals surface area contributed by atoms with Crippen LogP contribution < -0.4 is 0 Å². The molecule has 0 N–H and O–H groups in total. The standard InChI is InChI=1S/C33H24F34O3/c1-13(14-6-4-3-5-7-14)16-69-12-15(70-16)17(68-2,8-10-18(34,35)20(38,39)22(42,43)24(46,47)26(50,51)28(54,55)30(58,59)32(62,63)64)9-11-19(36,37)21(40,41)23(44,45)25(48,49)27(52,53)29(56,57)31(60,61)33(65,66)67/h3-7,13,15-16H,8-12H2,1-2H3. The second-order valence-electron chi connectivity index (χ2n) is 15.1. The van der Waals surface area contributed by atoms with Gasteiger partial charge in [0.1, 0.15) is 6.10 Å². The van der Waals surface area contributed by atoms with Crippen molar-refractivity contribution in [2.24, 2.45) is 0 Å². The molecule has 0 radical (unpaired) electrons. The lowest BCUT2D eigenvalue weighted by Gasteiger charge is -2.44. The molecule has 0 bridgehead atoms. The van der Waals surface area contributed by atoms with Crippen molar-refractivity contribution in [1.82, 2.24) is 0 Å². The molecule has 2 rings (SSSR count). The van der Waals surface area contributed by atoms with Crippen LogP contribution in [-0.2, 0) is 14.2 Å². The molecule has 1 heterocycles. The predicted molar refractivity (Wildman–Crippen MR) is 159 cm³/mol. The van der Waals surface area contributed by atoms with Crippen molar-refractivity contribution in [2.75, 3.05) is 13.7 Å². The van der Waals surface area contributed by atoms with Crippen molar-refractivity contribution in [2.45, 2.75) is 152 Å². The van der Waals surface area contributed by atoms with Crippen LogP contribution >= 0.6 is 0 Å². The normalized spacial score (nSPS) is 19.8. The summed E-state index contributed by atoms with van der Waals surface area (Å²) in [5.74, 6) is -123. The highest BCUT2D eigenvalue weighted by Gasteiger charge is 2.97. The zero-order valence-electron chi connectivity index (χ0n) is 33.2. The van der Waals surface area contributed by atoms with Crippen LogP contribution in [0.3, 0.4) is 0 Å². The number of alkyl halides is 34. The summed E-state index contributed by atoms with van der Waals surface area (Å²) in [4.78, 5) is 0. The van der Waals surface area contributed by atoms with E-state index in [-0.39, 0.29) is 12.7 Å². The fourth-order valence-corrected chi connectivity index (χ4v) is 6.10. The zero-order valence-corrected chi connectivity index (χ0v) is 33.2. The molecule has 0 aromatic heterocycles. The molecule has 0 spiro atoms. The van der Waals surface area contributed by atoms with Crippen LogP contribution in [-0.4, -0.2) is 127 Å². The van der Waals surface area contributed by atoms with Gasteiger partial charge in [-0.25, -0.2) is 0 Å². The lowest BCUT2D eigenvalue weighted by atomic mass is 9.80. The molecule has 0 amide bonds. The molecule has 1 fully saturated rings. The molecule has 1 aliphatic rings. The van der Waals surface area contributed by atoms with Gasteiger partial charge in [0.25, 0.3) is 0 Å². The van der Waals surface area contributed by atoms with Crippen molar-refractivity contribution < 1.29 is 163 Å². The lowest BCUT2D eigenvalue weighted by Crippen LogP contribution is -2.74. The van der Waals surface area contributed by atoms with Gasteiger partial charge in [-0.2, -0.15) is 149 Å². The Labute approximate surface area is 365 Å². The Morgan fingerprint density at radius 1 is 0.414 bits per heavy atom. The predicted octanol–water partition coefficient (Wildman–Crippen LogP) is 14.5. The van der Waals surface area contributed by atoms with E-state index in [4.69, 9.17) is 9.47 Å². The molecule has 412 valence electrons. The van der Waals surface area contributed by atoms with E-state index in [0.717, 1.165) is 6.92 Å². The zero-order chi connectivity index (χ0) is 56.0. The first kappa shape index (κ1) is 62.8. The van der Waals surface area contributed by atoms with Gasteiger partial charge in [-0.1, -0.05) is 37.3 Å². The molecule has 1 aromatic rings. The largest absolute Gasteiger partial charge is 0.460 e. The summed E-state index contributed by atoms with van der Waals surface area (Å²) < 4.78 is 487. The van der Waals surface area contributed by atoms with Crippen LogP contribution in [0.15, 0.2) is 30.3 Å². The molecule has 0 aliphatic carbocycles. The number of halogens is 34. The van der Waals surface area contributed by atoms with E-state index in [0.29, 0.717) is 0 Å². The summed E-state index contributed by atoms with van der Waals surface area (Å²) in [6.07, 6.45) is -34.3. The average molecular weight is 1110 g/mol. The third-order valence-electron chi connectivity index (χ3n) is 10.7. The van der Waals surface area contributed by atoms with Crippen molar-refractivity contribution >= 4 is 0 Å². The number of hydrogen-bond donors (Lipinski definition) is 0. The number of hydrogen-bond acceptors (Lipinski definition) is 3. The fraction of sp³-hybridized carbons (Fsp3) is 0.818. The quantitative estimate of drug-likeness (QED) is 0.108. The molecule has 1 aromatic carbocycles. The highest BCUT2D eigenvalue weighted by Crippen LogP contribution is 2.67. The third kappa shape index (κ3) is 9.02. The maximum absolute atomic E-state index is 15.1. The molecule has 1 saturated heterocycles. The van der Waals surface area contributed by atoms with Crippen molar-refractivity contribution in [3.8, 4) is 0 Å². The first-order valence-corrected chi connectivity index (χ1v) is 17.8. The minimum atomic E-state index is -9.18. The van der Waals surface area contributed by atoms with Crippen LogP contribution in [0.4, 0.5) is 149 Å². The summed E-state index contributed by atoms with van der Waals surface area (Å²) >= 11 is 0. The SMILES string of the molecule is COC(CCC(F)(F)C(F)(F)C(F)(F)C(F)(F)C(F)(F)C(F)(F)C(F)(F)C(F)(F)F)(CCC(F)(F)C(F)(F)C(F)(F)C(F)(F)C(F)(F)C(F)(F)C(F)(F)C(F)(F)F)C1COC(C(C)c2ccccc2)O1. The van der Waals surface area contributed by atoms with Gasteiger partial charge in [0.05, 0.1) is 12.2 Å². The van der Waals surface area contributed by atoms with Gasteiger partial charge in [-0.3, -0.25) is 0 Å². The minimum Gasteiger partial charge on any atom is -0.375 e. The van der Waals surface area contributed by atoms with Gasteiger partial charge in [0, 0.05) is 25.9 Å². The van der Waals surface area contributed by atoms with Gasteiger partial charge in [0.15, 0.2) is 6.29 Å². The van der Waals surface area contributed by atoms with Crippen LogP contribution in [0.25, 0.3) is 0 Å². The van der Waals surface area contributed by atoms with Gasteiger partial charge in [0.2, 0.25) is 0 Å². The molecular weight excluding hydrogens is 1090 g/mol. The van der Waals surface area contributed by atoms with Crippen molar-refractivity contribution in [1.29, 1.82) is 0 Å². The summed E-state index contributed by atoms with van der Waals surface area (Å²) in [5, 5.41) is 0. The first-order chi connectivity index (χ1) is 30.5. The molecule has 3 nitrogen and oxygen atoms in total. The number of methoxy groups -OCH3 is 1. The highest BCUT2D eigenvalue weighted by atomic mass is 19.4. The van der Waals surface area contributed by atoms with E-state index >= 15 is 17.6 Å².